The molecule has 0 spiro atoms. The van der Waals surface area contributed by atoms with Gasteiger partial charge in [-0.2, -0.15) is 18.2 Å². The van der Waals surface area contributed by atoms with E-state index in [0.29, 0.717) is 6.07 Å². The highest BCUT2D eigenvalue weighted by atomic mass is 35.5. The molecule has 2 rings (SSSR count). The van der Waals surface area contributed by atoms with Crippen molar-refractivity contribution in [2.75, 3.05) is 23.8 Å². The van der Waals surface area contributed by atoms with Crippen molar-refractivity contribution >= 4 is 29.1 Å². The number of alkyl halides is 3. The van der Waals surface area contributed by atoms with E-state index in [9.17, 15) is 18.3 Å². The molecule has 0 aliphatic carbocycles. The molecule has 6 nitrogen and oxygen atoms in total. The zero-order valence-electron chi connectivity index (χ0n) is 11.5. The molecular formula is C13H12ClF3N4O2. The molecule has 10 heteroatoms. The molecule has 0 fully saturated rings. The Hall–Kier alpha value is -2.26. The molecule has 0 aliphatic heterocycles. The van der Waals surface area contributed by atoms with Gasteiger partial charge in [-0.1, -0.05) is 11.6 Å². The third kappa shape index (κ3) is 4.60. The fourth-order valence-corrected chi connectivity index (χ4v) is 1.82. The van der Waals surface area contributed by atoms with E-state index in [4.69, 9.17) is 16.7 Å². The fourth-order valence-electron chi connectivity index (χ4n) is 1.65. The van der Waals surface area contributed by atoms with Gasteiger partial charge < -0.3 is 20.8 Å². The molecule has 0 radical (unpaired) electrons. The van der Waals surface area contributed by atoms with E-state index >= 15 is 0 Å². The predicted molar refractivity (Wildman–Crippen MR) is 79.0 cm³/mol. The topological polar surface area (TPSA) is 90.3 Å². The van der Waals surface area contributed by atoms with Crippen LogP contribution in [0.25, 0.3) is 0 Å². The van der Waals surface area contributed by atoms with Crippen LogP contribution in [0, 0.1) is 0 Å². The number of hydrogen-bond donors (Lipinski definition) is 4. The first-order valence-electron chi connectivity index (χ1n) is 6.36. The lowest BCUT2D eigenvalue weighted by Crippen LogP contribution is -2.15. The van der Waals surface area contributed by atoms with E-state index in [1.54, 1.807) is 0 Å². The van der Waals surface area contributed by atoms with Crippen molar-refractivity contribution in [2.24, 2.45) is 0 Å². The van der Waals surface area contributed by atoms with Gasteiger partial charge in [0.15, 0.2) is 5.69 Å². The highest BCUT2D eigenvalue weighted by Crippen LogP contribution is 2.33. The van der Waals surface area contributed by atoms with Gasteiger partial charge in [-0.25, -0.2) is 4.98 Å². The van der Waals surface area contributed by atoms with E-state index in [1.807, 2.05) is 0 Å². The van der Waals surface area contributed by atoms with Crippen molar-refractivity contribution in [1.82, 2.24) is 9.97 Å². The van der Waals surface area contributed by atoms with Crippen LogP contribution in [-0.2, 0) is 6.18 Å². The van der Waals surface area contributed by atoms with Crippen LogP contribution in [0.1, 0.15) is 5.69 Å². The molecule has 0 saturated carbocycles. The summed E-state index contributed by atoms with van der Waals surface area (Å²) in [5, 5.41) is 23.7. The summed E-state index contributed by atoms with van der Waals surface area (Å²) in [5.74, 6) is -0.699. The van der Waals surface area contributed by atoms with Gasteiger partial charge in [0, 0.05) is 17.6 Å². The summed E-state index contributed by atoms with van der Waals surface area (Å²) in [6.45, 7) is -0.305. The maximum Gasteiger partial charge on any atom is 0.433 e. The zero-order valence-corrected chi connectivity index (χ0v) is 12.3. The van der Waals surface area contributed by atoms with E-state index < -0.39 is 11.9 Å². The van der Waals surface area contributed by atoms with Crippen LogP contribution in [0.5, 0.6) is 5.75 Å². The van der Waals surface area contributed by atoms with E-state index in [-0.39, 0.29) is 41.4 Å². The van der Waals surface area contributed by atoms with E-state index in [1.165, 1.54) is 18.2 Å². The number of nitrogens with zero attached hydrogens (tertiary/aromatic N) is 2. The summed E-state index contributed by atoms with van der Waals surface area (Å²) < 4.78 is 38.7. The third-order valence-electron chi connectivity index (χ3n) is 2.63. The number of hydrogen-bond acceptors (Lipinski definition) is 6. The molecule has 1 aromatic heterocycles. The number of halogens is 4. The number of aromatic nitrogens is 2. The number of phenolic OH excluding ortho intramolecular Hbond substituents is 1. The Morgan fingerprint density at radius 3 is 2.57 bits per heavy atom. The number of anilines is 3. The minimum absolute atomic E-state index is 0.0107. The molecule has 0 unspecified atom stereocenters. The molecule has 1 aromatic carbocycles. The first-order valence-corrected chi connectivity index (χ1v) is 6.74. The summed E-state index contributed by atoms with van der Waals surface area (Å²) >= 11 is 5.78. The average molecular weight is 349 g/mol. The van der Waals surface area contributed by atoms with Crippen LogP contribution in [0.3, 0.4) is 0 Å². The summed E-state index contributed by atoms with van der Waals surface area (Å²) in [4.78, 5) is 7.19. The highest BCUT2D eigenvalue weighted by Gasteiger charge is 2.33. The third-order valence-corrected chi connectivity index (χ3v) is 2.87. The SMILES string of the molecule is OCCNc1nc(Nc2cc(Cl)ccc2O)cc(C(F)(F)F)n1. The molecule has 0 bridgehead atoms. The molecule has 23 heavy (non-hydrogen) atoms. The summed E-state index contributed by atoms with van der Waals surface area (Å²) in [6.07, 6.45) is -4.68. The van der Waals surface area contributed by atoms with Gasteiger partial charge in [0.05, 0.1) is 12.3 Å². The maximum atomic E-state index is 12.9. The fraction of sp³-hybridized carbons (Fsp3) is 0.231. The number of aliphatic hydroxyl groups is 1. The summed E-state index contributed by atoms with van der Waals surface area (Å²) in [7, 11) is 0. The van der Waals surface area contributed by atoms with Crippen molar-refractivity contribution in [2.45, 2.75) is 6.18 Å². The van der Waals surface area contributed by atoms with E-state index in [0.717, 1.165) is 0 Å². The van der Waals surface area contributed by atoms with Gasteiger partial charge in [-0.15, -0.1) is 0 Å². The van der Waals surface area contributed by atoms with Gasteiger partial charge in [-0.05, 0) is 18.2 Å². The number of rotatable bonds is 5. The van der Waals surface area contributed by atoms with E-state index in [2.05, 4.69) is 20.6 Å². The lowest BCUT2D eigenvalue weighted by Gasteiger charge is -2.13. The normalized spacial score (nSPS) is 11.3. The average Bonchev–Trinajstić information content (AvgIpc) is 2.48. The van der Waals surface area contributed by atoms with Crippen LogP contribution in [0.2, 0.25) is 5.02 Å². The van der Waals surface area contributed by atoms with Gasteiger partial charge in [-0.3, -0.25) is 0 Å². The zero-order chi connectivity index (χ0) is 17.0. The molecule has 0 amide bonds. The van der Waals surface area contributed by atoms with Crippen LogP contribution >= 0.6 is 11.6 Å². The molecule has 4 N–H and O–H groups in total. The monoisotopic (exact) mass is 348 g/mol. The summed E-state index contributed by atoms with van der Waals surface area (Å²) in [5.41, 5.74) is -1.07. The van der Waals surface area contributed by atoms with Gasteiger partial charge >= 0.3 is 6.18 Å². The molecule has 0 saturated heterocycles. The second-order valence-electron chi connectivity index (χ2n) is 4.40. The van der Waals surface area contributed by atoms with Gasteiger partial charge in [0.1, 0.15) is 11.6 Å². The Kier molecular flexibility index (Phi) is 5.12. The quantitative estimate of drug-likeness (QED) is 0.621. The number of benzene rings is 1. The number of nitrogens with one attached hydrogen (secondary N) is 2. The van der Waals surface area contributed by atoms with Crippen molar-refractivity contribution in [3.8, 4) is 5.75 Å². The Morgan fingerprint density at radius 2 is 1.91 bits per heavy atom. The first-order chi connectivity index (χ1) is 10.8. The Balaban J connectivity index is 2.38. The molecule has 124 valence electrons. The summed E-state index contributed by atoms with van der Waals surface area (Å²) in [6, 6.07) is 4.76. The Labute approximate surface area is 134 Å². The van der Waals surface area contributed by atoms with Crippen molar-refractivity contribution in [3.63, 3.8) is 0 Å². The van der Waals surface area contributed by atoms with Crippen LogP contribution in [0.15, 0.2) is 24.3 Å². The molecule has 0 atom stereocenters. The van der Waals surface area contributed by atoms with Crippen molar-refractivity contribution in [1.29, 1.82) is 0 Å². The van der Waals surface area contributed by atoms with Crippen molar-refractivity contribution in [3.05, 3.63) is 35.0 Å². The number of aromatic hydroxyl groups is 1. The smallest absolute Gasteiger partial charge is 0.433 e. The second kappa shape index (κ2) is 6.88. The molecule has 2 aromatic rings. The maximum absolute atomic E-state index is 12.9. The highest BCUT2D eigenvalue weighted by molar-refractivity contribution is 6.30. The predicted octanol–water partition coefficient (Wildman–Crippen LogP) is 3.00. The second-order valence-corrected chi connectivity index (χ2v) is 4.83. The standard InChI is InChI=1S/C13H12ClF3N4O2/c14-7-1-2-9(23)8(5-7)19-11-6-10(13(15,16)17)20-12(21-11)18-3-4-22/h1-2,5-6,22-23H,3-4H2,(H2,18,19,20,21). The first kappa shape index (κ1) is 17.1. The lowest BCUT2D eigenvalue weighted by atomic mass is 10.3. The lowest BCUT2D eigenvalue weighted by molar-refractivity contribution is -0.141. The van der Waals surface area contributed by atoms with Crippen LogP contribution in [-0.4, -0.2) is 33.3 Å². The van der Waals surface area contributed by atoms with Crippen LogP contribution < -0.4 is 10.6 Å². The van der Waals surface area contributed by atoms with Gasteiger partial charge in [0.25, 0.3) is 0 Å². The molecular weight excluding hydrogens is 337 g/mol. The largest absolute Gasteiger partial charge is 0.506 e. The van der Waals surface area contributed by atoms with Crippen molar-refractivity contribution < 1.29 is 23.4 Å². The van der Waals surface area contributed by atoms with Gasteiger partial charge in [0.2, 0.25) is 5.95 Å². The minimum atomic E-state index is -4.68. The Bertz CT molecular complexity index is 697. The number of aliphatic hydroxyl groups excluding tert-OH is 1. The minimum Gasteiger partial charge on any atom is -0.506 e. The molecule has 0 aliphatic rings. The van der Waals surface area contributed by atoms with Crippen LogP contribution in [0.4, 0.5) is 30.6 Å². The molecule has 1 heterocycles. The Morgan fingerprint density at radius 1 is 1.17 bits per heavy atom. The number of phenols is 1.